The molecular weight excluding hydrogens is 264 g/mol. The lowest BCUT2D eigenvalue weighted by atomic mass is 9.91. The third-order valence-corrected chi connectivity index (χ3v) is 4.75. The van der Waals surface area contributed by atoms with Crippen molar-refractivity contribution in [3.05, 3.63) is 41.6 Å². The number of hydrogen-bond donors (Lipinski definition) is 1. The molecule has 0 radical (unpaired) electrons. The molecule has 2 heterocycles. The molecule has 0 bridgehead atoms. The van der Waals surface area contributed by atoms with E-state index in [-0.39, 0.29) is 12.0 Å². The topological polar surface area (TPSA) is 55.6 Å². The average molecular weight is 286 g/mol. The van der Waals surface area contributed by atoms with Gasteiger partial charge >= 0.3 is 5.97 Å². The molecule has 1 aromatic rings. The molecule has 3 atom stereocenters. The molecule has 0 spiro atoms. The van der Waals surface area contributed by atoms with Crippen LogP contribution in [0.15, 0.2) is 36.0 Å². The molecule has 112 valence electrons. The number of carbonyl (C=O) groups excluding carboxylic acids is 1. The molecule has 1 aromatic carbocycles. The standard InChI is InChI=1S/C17H22N2O2/c1-11-8-13-9-14(12-6-4-3-5-7-12)15(18)10-19(13)16(11)17(20)21-2/h3-7,11,13,16H,8-10,18H2,1-2H3. The lowest BCUT2D eigenvalue weighted by Gasteiger charge is -2.35. The fraction of sp³-hybridized carbons (Fsp3) is 0.471. The summed E-state index contributed by atoms with van der Waals surface area (Å²) in [5.41, 5.74) is 9.61. The van der Waals surface area contributed by atoms with Crippen LogP contribution in [0.3, 0.4) is 0 Å². The minimum atomic E-state index is -0.157. The zero-order chi connectivity index (χ0) is 15.0. The second-order valence-corrected chi connectivity index (χ2v) is 6.08. The van der Waals surface area contributed by atoms with Crippen molar-refractivity contribution in [1.29, 1.82) is 0 Å². The fourth-order valence-electron chi connectivity index (χ4n) is 3.77. The van der Waals surface area contributed by atoms with E-state index < -0.39 is 0 Å². The first kappa shape index (κ1) is 14.1. The summed E-state index contributed by atoms with van der Waals surface area (Å²) in [4.78, 5) is 14.2. The summed E-state index contributed by atoms with van der Waals surface area (Å²) in [6.45, 7) is 2.78. The summed E-state index contributed by atoms with van der Waals surface area (Å²) in [6, 6.07) is 10.5. The zero-order valence-corrected chi connectivity index (χ0v) is 12.6. The highest BCUT2D eigenvalue weighted by atomic mass is 16.5. The highest BCUT2D eigenvalue weighted by Gasteiger charge is 2.45. The molecule has 21 heavy (non-hydrogen) atoms. The van der Waals surface area contributed by atoms with Gasteiger partial charge in [-0.1, -0.05) is 37.3 Å². The van der Waals surface area contributed by atoms with E-state index in [0.717, 1.165) is 18.5 Å². The summed E-state index contributed by atoms with van der Waals surface area (Å²) in [5, 5.41) is 0. The van der Waals surface area contributed by atoms with Crippen molar-refractivity contribution in [2.45, 2.75) is 31.8 Å². The smallest absolute Gasteiger partial charge is 0.323 e. The molecule has 4 nitrogen and oxygen atoms in total. The molecule has 4 heteroatoms. The Hall–Kier alpha value is -1.81. The van der Waals surface area contributed by atoms with Crippen LogP contribution < -0.4 is 5.73 Å². The van der Waals surface area contributed by atoms with E-state index in [0.29, 0.717) is 18.5 Å². The van der Waals surface area contributed by atoms with Gasteiger partial charge < -0.3 is 10.5 Å². The van der Waals surface area contributed by atoms with Crippen LogP contribution in [0.5, 0.6) is 0 Å². The van der Waals surface area contributed by atoms with Gasteiger partial charge in [0.15, 0.2) is 0 Å². The van der Waals surface area contributed by atoms with Crippen molar-refractivity contribution >= 4 is 11.5 Å². The number of carbonyl (C=O) groups is 1. The lowest BCUT2D eigenvalue weighted by Crippen LogP contribution is -2.47. The van der Waals surface area contributed by atoms with Gasteiger partial charge in [0.2, 0.25) is 0 Å². The summed E-state index contributed by atoms with van der Waals surface area (Å²) in [6.07, 6.45) is 1.93. The van der Waals surface area contributed by atoms with Crippen LogP contribution in [0.4, 0.5) is 0 Å². The van der Waals surface area contributed by atoms with Gasteiger partial charge in [-0.25, -0.2) is 0 Å². The number of benzene rings is 1. The maximum absolute atomic E-state index is 12.0. The molecule has 3 unspecified atom stereocenters. The predicted molar refractivity (Wildman–Crippen MR) is 82.2 cm³/mol. The van der Waals surface area contributed by atoms with Gasteiger partial charge in [0.1, 0.15) is 6.04 Å². The molecule has 0 saturated carbocycles. The quantitative estimate of drug-likeness (QED) is 0.845. The largest absolute Gasteiger partial charge is 0.468 e. The molecule has 2 N–H and O–H groups in total. The van der Waals surface area contributed by atoms with E-state index in [9.17, 15) is 4.79 Å². The van der Waals surface area contributed by atoms with E-state index >= 15 is 0 Å². The van der Waals surface area contributed by atoms with Crippen LogP contribution in [0, 0.1) is 5.92 Å². The Kier molecular flexibility index (Phi) is 3.72. The molecule has 1 saturated heterocycles. The lowest BCUT2D eigenvalue weighted by molar-refractivity contribution is -0.147. The number of ether oxygens (including phenoxy) is 1. The van der Waals surface area contributed by atoms with E-state index in [1.807, 2.05) is 18.2 Å². The van der Waals surface area contributed by atoms with Crippen LogP contribution in [0.1, 0.15) is 25.3 Å². The van der Waals surface area contributed by atoms with E-state index in [2.05, 4.69) is 24.0 Å². The highest BCUT2D eigenvalue weighted by Crippen LogP contribution is 2.39. The Balaban J connectivity index is 1.88. The molecule has 0 aliphatic carbocycles. The van der Waals surface area contributed by atoms with E-state index in [1.165, 1.54) is 18.2 Å². The van der Waals surface area contributed by atoms with Crippen LogP contribution in [0.2, 0.25) is 0 Å². The Morgan fingerprint density at radius 1 is 1.33 bits per heavy atom. The van der Waals surface area contributed by atoms with Gasteiger partial charge in [-0.3, -0.25) is 9.69 Å². The zero-order valence-electron chi connectivity index (χ0n) is 12.6. The summed E-state index contributed by atoms with van der Waals surface area (Å²) in [5.74, 6) is 0.173. The predicted octanol–water partition coefficient (Wildman–Crippen LogP) is 2.01. The number of rotatable bonds is 2. The molecule has 1 fully saturated rings. The van der Waals surface area contributed by atoms with Gasteiger partial charge in [-0.15, -0.1) is 0 Å². The Morgan fingerprint density at radius 2 is 2.05 bits per heavy atom. The molecule has 3 rings (SSSR count). The van der Waals surface area contributed by atoms with Crippen molar-refractivity contribution in [3.63, 3.8) is 0 Å². The minimum absolute atomic E-state index is 0.138. The van der Waals surface area contributed by atoms with Gasteiger partial charge in [0.05, 0.1) is 7.11 Å². The van der Waals surface area contributed by atoms with Gasteiger partial charge in [0.25, 0.3) is 0 Å². The first-order valence-corrected chi connectivity index (χ1v) is 7.48. The van der Waals surface area contributed by atoms with Crippen LogP contribution in [-0.2, 0) is 9.53 Å². The third kappa shape index (κ3) is 2.44. The van der Waals surface area contributed by atoms with Crippen LogP contribution in [0.25, 0.3) is 5.57 Å². The summed E-state index contributed by atoms with van der Waals surface area (Å²) >= 11 is 0. The van der Waals surface area contributed by atoms with E-state index in [4.69, 9.17) is 10.5 Å². The second-order valence-electron chi connectivity index (χ2n) is 6.08. The first-order chi connectivity index (χ1) is 10.1. The molecule has 0 aromatic heterocycles. The monoisotopic (exact) mass is 286 g/mol. The first-order valence-electron chi connectivity index (χ1n) is 7.48. The van der Waals surface area contributed by atoms with Crippen molar-refractivity contribution < 1.29 is 9.53 Å². The van der Waals surface area contributed by atoms with Crippen molar-refractivity contribution in [2.75, 3.05) is 13.7 Å². The molecule has 2 aliphatic rings. The number of nitrogens with two attached hydrogens (primary N) is 1. The minimum Gasteiger partial charge on any atom is -0.468 e. The van der Waals surface area contributed by atoms with Gasteiger partial charge in [0, 0.05) is 18.3 Å². The maximum atomic E-state index is 12.0. The van der Waals surface area contributed by atoms with Crippen LogP contribution in [-0.4, -0.2) is 36.6 Å². The second kappa shape index (κ2) is 5.53. The van der Waals surface area contributed by atoms with Crippen molar-refractivity contribution in [1.82, 2.24) is 4.90 Å². The van der Waals surface area contributed by atoms with Crippen molar-refractivity contribution in [2.24, 2.45) is 11.7 Å². The summed E-state index contributed by atoms with van der Waals surface area (Å²) < 4.78 is 4.96. The number of esters is 1. The van der Waals surface area contributed by atoms with Gasteiger partial charge in [-0.2, -0.15) is 0 Å². The Morgan fingerprint density at radius 3 is 2.71 bits per heavy atom. The fourth-order valence-corrected chi connectivity index (χ4v) is 3.77. The van der Waals surface area contributed by atoms with Gasteiger partial charge in [-0.05, 0) is 29.9 Å². The van der Waals surface area contributed by atoms with Crippen LogP contribution >= 0.6 is 0 Å². The highest BCUT2D eigenvalue weighted by molar-refractivity contribution is 5.77. The SMILES string of the molecule is COC(=O)C1C(C)CC2CC(c3ccccc3)=C(N)CN21. The maximum Gasteiger partial charge on any atom is 0.323 e. The number of hydrogen-bond acceptors (Lipinski definition) is 4. The molecule has 2 aliphatic heterocycles. The van der Waals surface area contributed by atoms with E-state index in [1.54, 1.807) is 0 Å². The summed E-state index contributed by atoms with van der Waals surface area (Å²) in [7, 11) is 1.46. The Bertz CT molecular complexity index is 567. The van der Waals surface area contributed by atoms with Crippen molar-refractivity contribution in [3.8, 4) is 0 Å². The molecular formula is C17H22N2O2. The number of fused-ring (bicyclic) bond motifs is 1. The molecule has 0 amide bonds. The third-order valence-electron chi connectivity index (χ3n) is 4.75. The number of nitrogens with zero attached hydrogens (tertiary/aromatic N) is 1. The normalized spacial score (nSPS) is 29.3. The average Bonchev–Trinajstić information content (AvgIpc) is 2.81. The Labute approximate surface area is 125 Å². The number of methoxy groups -OCH3 is 1.